The van der Waals surface area contributed by atoms with Crippen LogP contribution in [0.3, 0.4) is 0 Å². The number of carbonyl (C=O) groups excluding carboxylic acids is 1. The number of anilines is 1. The first-order valence-electron chi connectivity index (χ1n) is 8.69. The van der Waals surface area contributed by atoms with Crippen molar-refractivity contribution < 1.29 is 14.1 Å². The molecule has 2 aromatic heterocycles. The number of hydrogen-bond acceptors (Lipinski definition) is 7. The van der Waals surface area contributed by atoms with E-state index in [4.69, 9.17) is 15.0 Å². The fourth-order valence-electron chi connectivity index (χ4n) is 2.97. The highest BCUT2D eigenvalue weighted by Gasteiger charge is 2.21. The van der Waals surface area contributed by atoms with E-state index in [0.29, 0.717) is 47.6 Å². The van der Waals surface area contributed by atoms with Gasteiger partial charge in [-0.25, -0.2) is 4.98 Å². The monoisotopic (exact) mass is 365 g/mol. The van der Waals surface area contributed by atoms with Gasteiger partial charge in [-0.15, -0.1) is 0 Å². The van der Waals surface area contributed by atoms with Gasteiger partial charge in [0.25, 0.3) is 0 Å². The smallest absolute Gasteiger partial charge is 0.223 e. The first-order valence-corrected chi connectivity index (χ1v) is 8.69. The van der Waals surface area contributed by atoms with Crippen molar-refractivity contribution in [1.29, 1.82) is 0 Å². The van der Waals surface area contributed by atoms with Gasteiger partial charge >= 0.3 is 0 Å². The molecule has 4 rings (SSSR count). The van der Waals surface area contributed by atoms with Crippen molar-refractivity contribution in [2.24, 2.45) is 0 Å². The van der Waals surface area contributed by atoms with Crippen LogP contribution in [-0.4, -0.2) is 32.5 Å². The molecule has 1 aliphatic heterocycles. The number of rotatable bonds is 5. The van der Waals surface area contributed by atoms with E-state index in [2.05, 4.69) is 15.1 Å². The SMILES string of the molecule is Cc1nc(-c2ccc(Oc3ccc(N)c(CN4CCCC4=O)c3)cn2)no1. The van der Waals surface area contributed by atoms with E-state index in [1.165, 1.54) is 0 Å². The molecule has 8 nitrogen and oxygen atoms in total. The van der Waals surface area contributed by atoms with Gasteiger partial charge in [0.1, 0.15) is 17.2 Å². The zero-order valence-corrected chi connectivity index (χ0v) is 14.9. The number of ether oxygens (including phenoxy) is 1. The van der Waals surface area contributed by atoms with E-state index in [-0.39, 0.29) is 5.91 Å². The molecule has 0 unspecified atom stereocenters. The van der Waals surface area contributed by atoms with Crippen molar-refractivity contribution in [2.45, 2.75) is 26.3 Å². The maximum absolute atomic E-state index is 11.8. The number of nitrogen functional groups attached to an aromatic ring is 1. The maximum atomic E-state index is 11.8. The van der Waals surface area contributed by atoms with Crippen LogP contribution in [0.2, 0.25) is 0 Å². The van der Waals surface area contributed by atoms with E-state index in [1.807, 2.05) is 11.0 Å². The van der Waals surface area contributed by atoms with Gasteiger partial charge in [-0.3, -0.25) is 4.79 Å². The minimum atomic E-state index is 0.164. The highest BCUT2D eigenvalue weighted by Crippen LogP contribution is 2.27. The normalized spacial score (nSPS) is 14.0. The Bertz CT molecular complexity index is 968. The number of benzene rings is 1. The Balaban J connectivity index is 1.49. The average Bonchev–Trinajstić information content (AvgIpc) is 3.27. The second kappa shape index (κ2) is 7.06. The summed E-state index contributed by atoms with van der Waals surface area (Å²) in [6, 6.07) is 8.99. The summed E-state index contributed by atoms with van der Waals surface area (Å²) < 4.78 is 10.8. The van der Waals surface area contributed by atoms with Crippen molar-refractivity contribution >= 4 is 11.6 Å². The van der Waals surface area contributed by atoms with Crippen molar-refractivity contribution in [3.8, 4) is 23.0 Å². The fourth-order valence-corrected chi connectivity index (χ4v) is 2.97. The number of nitrogens with two attached hydrogens (primary N) is 1. The summed E-state index contributed by atoms with van der Waals surface area (Å²) in [4.78, 5) is 22.1. The molecule has 1 aliphatic rings. The van der Waals surface area contributed by atoms with E-state index < -0.39 is 0 Å². The second-order valence-corrected chi connectivity index (χ2v) is 6.40. The molecule has 138 valence electrons. The van der Waals surface area contributed by atoms with Gasteiger partial charge in [0.2, 0.25) is 17.6 Å². The van der Waals surface area contributed by atoms with Crippen molar-refractivity contribution in [3.63, 3.8) is 0 Å². The van der Waals surface area contributed by atoms with E-state index in [9.17, 15) is 4.79 Å². The highest BCUT2D eigenvalue weighted by molar-refractivity contribution is 5.78. The van der Waals surface area contributed by atoms with Crippen LogP contribution in [0.4, 0.5) is 5.69 Å². The molecular formula is C19H19N5O3. The van der Waals surface area contributed by atoms with Crippen LogP contribution < -0.4 is 10.5 Å². The molecule has 0 atom stereocenters. The highest BCUT2D eigenvalue weighted by atomic mass is 16.5. The fraction of sp³-hybridized carbons (Fsp3) is 0.263. The van der Waals surface area contributed by atoms with Gasteiger partial charge in [-0.2, -0.15) is 4.98 Å². The molecule has 0 radical (unpaired) electrons. The quantitative estimate of drug-likeness (QED) is 0.693. The summed E-state index contributed by atoms with van der Waals surface area (Å²) in [5.41, 5.74) is 8.18. The van der Waals surface area contributed by atoms with Crippen molar-refractivity contribution in [2.75, 3.05) is 12.3 Å². The molecule has 0 bridgehead atoms. The van der Waals surface area contributed by atoms with Gasteiger partial charge in [0.15, 0.2) is 0 Å². The Labute approximate surface area is 156 Å². The van der Waals surface area contributed by atoms with Crippen molar-refractivity contribution in [3.05, 3.63) is 48.0 Å². The molecule has 3 aromatic rings. The second-order valence-electron chi connectivity index (χ2n) is 6.40. The van der Waals surface area contributed by atoms with Crippen LogP contribution in [0, 0.1) is 6.92 Å². The zero-order valence-electron chi connectivity index (χ0n) is 14.9. The zero-order chi connectivity index (χ0) is 18.8. The standard InChI is InChI=1S/C19H19N5O3/c1-12-22-19(23-27-12)17-7-5-15(10-21-17)26-14-4-6-16(20)13(9-14)11-24-8-2-3-18(24)25/h4-7,9-10H,2-3,8,11,20H2,1H3. The number of carbonyl (C=O) groups is 1. The molecule has 1 aromatic carbocycles. The molecule has 27 heavy (non-hydrogen) atoms. The van der Waals surface area contributed by atoms with Gasteiger partial charge in [-0.05, 0) is 42.3 Å². The lowest BCUT2D eigenvalue weighted by Gasteiger charge is -2.17. The molecular weight excluding hydrogens is 346 g/mol. The molecule has 0 saturated carbocycles. The lowest BCUT2D eigenvalue weighted by molar-refractivity contribution is -0.128. The average molecular weight is 365 g/mol. The van der Waals surface area contributed by atoms with Crippen LogP contribution in [0.5, 0.6) is 11.5 Å². The molecule has 0 spiro atoms. The van der Waals surface area contributed by atoms with Crippen LogP contribution in [0.25, 0.3) is 11.5 Å². The lowest BCUT2D eigenvalue weighted by Crippen LogP contribution is -2.24. The number of hydrogen-bond donors (Lipinski definition) is 1. The predicted octanol–water partition coefficient (Wildman–Crippen LogP) is 2.94. The molecule has 8 heteroatoms. The topological polar surface area (TPSA) is 107 Å². The van der Waals surface area contributed by atoms with Crippen LogP contribution >= 0.6 is 0 Å². The molecule has 3 heterocycles. The third-order valence-corrected chi connectivity index (χ3v) is 4.38. The van der Waals surface area contributed by atoms with E-state index in [1.54, 1.807) is 37.4 Å². The van der Waals surface area contributed by atoms with Gasteiger partial charge in [-0.1, -0.05) is 5.16 Å². The van der Waals surface area contributed by atoms with Crippen LogP contribution in [0.1, 0.15) is 24.3 Å². The Hall–Kier alpha value is -3.42. The number of aromatic nitrogens is 3. The number of nitrogens with zero attached hydrogens (tertiary/aromatic N) is 4. The van der Waals surface area contributed by atoms with Crippen molar-refractivity contribution in [1.82, 2.24) is 20.0 Å². The van der Waals surface area contributed by atoms with Gasteiger partial charge < -0.3 is 19.9 Å². The lowest BCUT2D eigenvalue weighted by atomic mass is 10.1. The first-order chi connectivity index (χ1) is 13.1. The maximum Gasteiger partial charge on any atom is 0.223 e. The number of amides is 1. The number of aryl methyl sites for hydroxylation is 1. The Morgan fingerprint density at radius 2 is 2.11 bits per heavy atom. The molecule has 1 fully saturated rings. The summed E-state index contributed by atoms with van der Waals surface area (Å²) in [7, 11) is 0. The molecule has 1 saturated heterocycles. The minimum absolute atomic E-state index is 0.164. The van der Waals surface area contributed by atoms with Gasteiger partial charge in [0.05, 0.1) is 6.20 Å². The summed E-state index contributed by atoms with van der Waals surface area (Å²) in [5, 5.41) is 3.84. The number of likely N-dealkylation sites (tertiary alicyclic amines) is 1. The molecule has 2 N–H and O–H groups in total. The summed E-state index contributed by atoms with van der Waals surface area (Å²) in [5.74, 6) is 2.29. The van der Waals surface area contributed by atoms with E-state index in [0.717, 1.165) is 18.5 Å². The van der Waals surface area contributed by atoms with Gasteiger partial charge in [0, 0.05) is 32.1 Å². The summed E-state index contributed by atoms with van der Waals surface area (Å²) in [6.07, 6.45) is 3.10. The molecule has 1 amide bonds. The van der Waals surface area contributed by atoms with Crippen LogP contribution in [-0.2, 0) is 11.3 Å². The predicted molar refractivity (Wildman–Crippen MR) is 97.8 cm³/mol. The largest absolute Gasteiger partial charge is 0.456 e. The third kappa shape index (κ3) is 3.74. The number of pyridine rings is 1. The Morgan fingerprint density at radius 1 is 1.26 bits per heavy atom. The Kier molecular flexibility index (Phi) is 4.45. The minimum Gasteiger partial charge on any atom is -0.456 e. The molecule has 0 aliphatic carbocycles. The van der Waals surface area contributed by atoms with E-state index >= 15 is 0 Å². The first kappa shape index (κ1) is 17.0. The summed E-state index contributed by atoms with van der Waals surface area (Å²) in [6.45, 7) is 2.99. The third-order valence-electron chi connectivity index (χ3n) is 4.38. The summed E-state index contributed by atoms with van der Waals surface area (Å²) >= 11 is 0. The Morgan fingerprint density at radius 3 is 2.78 bits per heavy atom. The van der Waals surface area contributed by atoms with Crippen LogP contribution in [0.15, 0.2) is 41.1 Å².